The summed E-state index contributed by atoms with van der Waals surface area (Å²) in [7, 11) is 3.29. The SMILES string of the molecule is COc1cc2c(cc1OC)CN(CC(=O)Nc1nnc(C3CCCCC3)s1)CC2. The number of rotatable bonds is 6. The van der Waals surface area contributed by atoms with Crippen molar-refractivity contribution in [3.05, 3.63) is 28.3 Å². The smallest absolute Gasteiger partial charge is 0.240 e. The van der Waals surface area contributed by atoms with Crippen molar-refractivity contribution in [2.24, 2.45) is 0 Å². The van der Waals surface area contributed by atoms with Crippen LogP contribution in [0.25, 0.3) is 0 Å². The molecule has 4 rings (SSSR count). The lowest BCUT2D eigenvalue weighted by Gasteiger charge is -2.28. The van der Waals surface area contributed by atoms with Crippen LogP contribution in [0.5, 0.6) is 11.5 Å². The van der Waals surface area contributed by atoms with Crippen LogP contribution in [0.3, 0.4) is 0 Å². The number of amides is 1. The van der Waals surface area contributed by atoms with Crippen LogP contribution in [-0.2, 0) is 17.8 Å². The second kappa shape index (κ2) is 9.09. The van der Waals surface area contributed by atoms with Crippen molar-refractivity contribution in [1.29, 1.82) is 0 Å². The van der Waals surface area contributed by atoms with Gasteiger partial charge in [0.25, 0.3) is 0 Å². The fourth-order valence-corrected chi connectivity index (χ4v) is 5.17. The number of fused-ring (bicyclic) bond motifs is 1. The summed E-state index contributed by atoms with van der Waals surface area (Å²) < 4.78 is 10.8. The van der Waals surface area contributed by atoms with Crippen LogP contribution in [0.15, 0.2) is 12.1 Å². The van der Waals surface area contributed by atoms with Gasteiger partial charge in [-0.2, -0.15) is 0 Å². The number of nitrogens with zero attached hydrogens (tertiary/aromatic N) is 3. The Labute approximate surface area is 175 Å². The molecule has 1 aromatic heterocycles. The Morgan fingerprint density at radius 1 is 1.14 bits per heavy atom. The van der Waals surface area contributed by atoms with Gasteiger partial charge in [0, 0.05) is 19.0 Å². The number of nitrogens with one attached hydrogen (secondary N) is 1. The van der Waals surface area contributed by atoms with Crippen LogP contribution < -0.4 is 14.8 Å². The van der Waals surface area contributed by atoms with E-state index in [0.717, 1.165) is 29.5 Å². The van der Waals surface area contributed by atoms with Crippen molar-refractivity contribution in [3.8, 4) is 11.5 Å². The van der Waals surface area contributed by atoms with E-state index in [-0.39, 0.29) is 5.91 Å². The third kappa shape index (κ3) is 4.70. The van der Waals surface area contributed by atoms with Crippen molar-refractivity contribution >= 4 is 22.4 Å². The van der Waals surface area contributed by atoms with Gasteiger partial charge in [0.05, 0.1) is 20.8 Å². The van der Waals surface area contributed by atoms with Crippen molar-refractivity contribution < 1.29 is 14.3 Å². The molecule has 8 heteroatoms. The summed E-state index contributed by atoms with van der Waals surface area (Å²) in [6.07, 6.45) is 7.09. The maximum Gasteiger partial charge on any atom is 0.240 e. The molecule has 2 heterocycles. The van der Waals surface area contributed by atoms with Crippen LogP contribution in [0.4, 0.5) is 5.13 Å². The number of carbonyl (C=O) groups excluding carboxylic acids is 1. The predicted octanol–water partition coefficient (Wildman–Crippen LogP) is 3.60. The highest BCUT2D eigenvalue weighted by atomic mass is 32.1. The second-order valence-corrected chi connectivity index (χ2v) is 8.77. The molecule has 1 N–H and O–H groups in total. The molecular formula is C21H28N4O3S. The Kier molecular flexibility index (Phi) is 6.30. The van der Waals surface area contributed by atoms with Gasteiger partial charge in [-0.05, 0) is 42.5 Å². The fraction of sp³-hybridized carbons (Fsp3) is 0.571. The lowest BCUT2D eigenvalue weighted by atomic mass is 9.90. The molecule has 2 aliphatic rings. The highest BCUT2D eigenvalue weighted by Gasteiger charge is 2.23. The Morgan fingerprint density at radius 2 is 1.86 bits per heavy atom. The average Bonchev–Trinajstić information content (AvgIpc) is 3.21. The molecule has 0 saturated heterocycles. The molecule has 1 saturated carbocycles. The van der Waals surface area contributed by atoms with Crippen LogP contribution in [0.1, 0.15) is 54.2 Å². The van der Waals surface area contributed by atoms with E-state index in [9.17, 15) is 4.79 Å². The van der Waals surface area contributed by atoms with Gasteiger partial charge in [0.2, 0.25) is 11.0 Å². The van der Waals surface area contributed by atoms with Crippen molar-refractivity contribution in [1.82, 2.24) is 15.1 Å². The molecule has 156 valence electrons. The van der Waals surface area contributed by atoms with Gasteiger partial charge in [-0.25, -0.2) is 0 Å². The molecule has 1 aromatic carbocycles. The number of aromatic nitrogens is 2. The first-order valence-corrected chi connectivity index (χ1v) is 11.1. The quantitative estimate of drug-likeness (QED) is 0.775. The van der Waals surface area contributed by atoms with Crippen molar-refractivity contribution in [2.75, 3.05) is 32.6 Å². The van der Waals surface area contributed by atoms with E-state index in [1.54, 1.807) is 14.2 Å². The van der Waals surface area contributed by atoms with Gasteiger partial charge in [0.1, 0.15) is 5.01 Å². The molecule has 0 unspecified atom stereocenters. The summed E-state index contributed by atoms with van der Waals surface area (Å²) in [5.41, 5.74) is 2.43. The maximum atomic E-state index is 12.5. The highest BCUT2D eigenvalue weighted by molar-refractivity contribution is 7.15. The minimum Gasteiger partial charge on any atom is -0.493 e. The average molecular weight is 417 g/mol. The van der Waals surface area contributed by atoms with E-state index in [1.165, 1.54) is 54.6 Å². The molecule has 1 amide bonds. The Bertz CT molecular complexity index is 864. The monoisotopic (exact) mass is 416 g/mol. The van der Waals surface area contributed by atoms with Gasteiger partial charge < -0.3 is 9.47 Å². The molecular weight excluding hydrogens is 388 g/mol. The van der Waals surface area contributed by atoms with Crippen LogP contribution in [0.2, 0.25) is 0 Å². The van der Waals surface area contributed by atoms with E-state index in [0.29, 0.717) is 24.1 Å². The summed E-state index contributed by atoms with van der Waals surface area (Å²) in [5.74, 6) is 1.95. The predicted molar refractivity (Wildman–Crippen MR) is 113 cm³/mol. The summed E-state index contributed by atoms with van der Waals surface area (Å²) in [5, 5.41) is 13.1. The van der Waals surface area contributed by atoms with Gasteiger partial charge in [-0.1, -0.05) is 30.6 Å². The number of ether oxygens (including phenoxy) is 2. The first-order valence-electron chi connectivity index (χ1n) is 10.3. The molecule has 29 heavy (non-hydrogen) atoms. The van der Waals surface area contributed by atoms with Gasteiger partial charge in [0.15, 0.2) is 11.5 Å². The van der Waals surface area contributed by atoms with E-state index in [2.05, 4.69) is 20.4 Å². The van der Waals surface area contributed by atoms with E-state index >= 15 is 0 Å². The lowest BCUT2D eigenvalue weighted by Crippen LogP contribution is -2.37. The summed E-state index contributed by atoms with van der Waals surface area (Å²) >= 11 is 1.52. The van der Waals surface area contributed by atoms with E-state index in [1.807, 2.05) is 12.1 Å². The van der Waals surface area contributed by atoms with Crippen molar-refractivity contribution in [2.45, 2.75) is 51.0 Å². The molecule has 1 aliphatic carbocycles. The fourth-order valence-electron chi connectivity index (χ4n) is 4.24. The van der Waals surface area contributed by atoms with E-state index in [4.69, 9.17) is 9.47 Å². The molecule has 7 nitrogen and oxygen atoms in total. The molecule has 0 atom stereocenters. The number of methoxy groups -OCH3 is 2. The first-order chi connectivity index (χ1) is 14.2. The second-order valence-electron chi connectivity index (χ2n) is 7.77. The molecule has 1 fully saturated rings. The third-order valence-electron chi connectivity index (χ3n) is 5.81. The molecule has 2 aromatic rings. The van der Waals surface area contributed by atoms with Crippen molar-refractivity contribution in [3.63, 3.8) is 0 Å². The van der Waals surface area contributed by atoms with Crippen LogP contribution in [-0.4, -0.2) is 48.3 Å². The topological polar surface area (TPSA) is 76.6 Å². The normalized spacial score (nSPS) is 17.6. The third-order valence-corrected chi connectivity index (χ3v) is 6.81. The van der Waals surface area contributed by atoms with Crippen LogP contribution >= 0.6 is 11.3 Å². The summed E-state index contributed by atoms with van der Waals surface area (Å²) in [6, 6.07) is 4.05. The Balaban J connectivity index is 1.34. The minimum absolute atomic E-state index is 0.0414. The van der Waals surface area contributed by atoms with Crippen LogP contribution in [0, 0.1) is 0 Å². The Hall–Kier alpha value is -2.19. The highest BCUT2D eigenvalue weighted by Crippen LogP contribution is 2.35. The largest absolute Gasteiger partial charge is 0.493 e. The van der Waals surface area contributed by atoms with Gasteiger partial charge in [-0.3, -0.25) is 15.0 Å². The number of anilines is 1. The molecule has 0 spiro atoms. The molecule has 0 bridgehead atoms. The first kappa shape index (κ1) is 20.1. The minimum atomic E-state index is -0.0414. The number of hydrogen-bond acceptors (Lipinski definition) is 7. The summed E-state index contributed by atoms with van der Waals surface area (Å²) in [6.45, 7) is 1.89. The zero-order valence-electron chi connectivity index (χ0n) is 17.1. The van der Waals surface area contributed by atoms with Gasteiger partial charge >= 0.3 is 0 Å². The maximum absolute atomic E-state index is 12.5. The van der Waals surface area contributed by atoms with Gasteiger partial charge in [-0.15, -0.1) is 10.2 Å². The summed E-state index contributed by atoms with van der Waals surface area (Å²) in [4.78, 5) is 14.7. The molecule has 0 radical (unpaired) electrons. The zero-order chi connectivity index (χ0) is 20.2. The standard InChI is InChI=1S/C21H28N4O3S/c1-27-17-10-15-8-9-25(12-16(15)11-18(17)28-2)13-19(26)22-21-24-23-20(29-21)14-6-4-3-5-7-14/h10-11,14H,3-9,12-13H2,1-2H3,(H,22,24,26). The number of hydrogen-bond donors (Lipinski definition) is 1. The molecule has 1 aliphatic heterocycles. The number of carbonyl (C=O) groups is 1. The zero-order valence-corrected chi connectivity index (χ0v) is 17.9. The van der Waals surface area contributed by atoms with E-state index < -0.39 is 0 Å². The Morgan fingerprint density at radius 3 is 2.59 bits per heavy atom. The lowest BCUT2D eigenvalue weighted by molar-refractivity contribution is -0.117. The number of benzene rings is 1.